The summed E-state index contributed by atoms with van der Waals surface area (Å²) in [6.07, 6.45) is 6.50. The number of alkyl halides is 1. The van der Waals surface area contributed by atoms with Gasteiger partial charge in [0.2, 0.25) is 5.91 Å². The molecule has 0 bridgehead atoms. The minimum absolute atomic E-state index is 0.179. The van der Waals surface area contributed by atoms with E-state index in [1.54, 1.807) is 0 Å². The zero-order valence-electron chi connectivity index (χ0n) is 12.2. The van der Waals surface area contributed by atoms with Gasteiger partial charge in [-0.05, 0) is 43.2 Å². The van der Waals surface area contributed by atoms with Crippen molar-refractivity contribution in [1.29, 1.82) is 0 Å². The fourth-order valence-corrected chi connectivity index (χ4v) is 3.64. The van der Waals surface area contributed by atoms with Crippen LogP contribution in [0.3, 0.4) is 0 Å². The van der Waals surface area contributed by atoms with Crippen molar-refractivity contribution in [3.8, 4) is 0 Å². The SMILES string of the molecule is Cc1ccccc1CCC(=O)NCC1CCCCC1Br. The highest BCUT2D eigenvalue weighted by Gasteiger charge is 2.22. The van der Waals surface area contributed by atoms with Crippen LogP contribution in [0.4, 0.5) is 0 Å². The molecule has 0 saturated heterocycles. The van der Waals surface area contributed by atoms with Gasteiger partial charge < -0.3 is 5.32 Å². The summed E-state index contributed by atoms with van der Waals surface area (Å²) >= 11 is 3.74. The molecule has 110 valence electrons. The van der Waals surface area contributed by atoms with Crippen LogP contribution in [0, 0.1) is 12.8 Å². The van der Waals surface area contributed by atoms with Gasteiger partial charge in [-0.15, -0.1) is 0 Å². The number of rotatable bonds is 5. The second-order valence-electron chi connectivity index (χ2n) is 5.79. The molecule has 0 aromatic heterocycles. The number of carbonyl (C=O) groups is 1. The second kappa shape index (κ2) is 7.82. The van der Waals surface area contributed by atoms with Gasteiger partial charge >= 0.3 is 0 Å². The van der Waals surface area contributed by atoms with E-state index in [1.807, 2.05) is 12.1 Å². The summed E-state index contributed by atoms with van der Waals surface area (Å²) < 4.78 is 0. The molecular formula is C17H24BrNO. The molecule has 1 aromatic carbocycles. The number of amides is 1. The van der Waals surface area contributed by atoms with E-state index < -0.39 is 0 Å². The van der Waals surface area contributed by atoms with Crippen molar-refractivity contribution in [2.75, 3.05) is 6.54 Å². The van der Waals surface area contributed by atoms with Crippen molar-refractivity contribution in [3.63, 3.8) is 0 Å². The number of hydrogen-bond acceptors (Lipinski definition) is 1. The van der Waals surface area contributed by atoms with Gasteiger partial charge in [-0.3, -0.25) is 4.79 Å². The summed E-state index contributed by atoms with van der Waals surface area (Å²) in [4.78, 5) is 12.5. The van der Waals surface area contributed by atoms with E-state index in [1.165, 1.54) is 36.8 Å². The molecule has 0 radical (unpaired) electrons. The third kappa shape index (κ3) is 4.62. The van der Waals surface area contributed by atoms with Gasteiger partial charge in [-0.25, -0.2) is 0 Å². The van der Waals surface area contributed by atoms with Crippen LogP contribution in [0.1, 0.15) is 43.2 Å². The van der Waals surface area contributed by atoms with Crippen LogP contribution in [0.15, 0.2) is 24.3 Å². The minimum atomic E-state index is 0.179. The highest BCUT2D eigenvalue weighted by molar-refractivity contribution is 9.09. The highest BCUT2D eigenvalue weighted by atomic mass is 79.9. The lowest BCUT2D eigenvalue weighted by atomic mass is 9.89. The topological polar surface area (TPSA) is 29.1 Å². The van der Waals surface area contributed by atoms with Crippen LogP contribution in [0.25, 0.3) is 0 Å². The molecule has 1 aromatic rings. The average Bonchev–Trinajstić information content (AvgIpc) is 2.45. The normalized spacial score (nSPS) is 22.5. The molecule has 1 amide bonds. The molecule has 1 aliphatic rings. The Balaban J connectivity index is 1.71. The van der Waals surface area contributed by atoms with Crippen LogP contribution < -0.4 is 5.32 Å². The van der Waals surface area contributed by atoms with Crippen LogP contribution in [0.5, 0.6) is 0 Å². The van der Waals surface area contributed by atoms with Crippen LogP contribution in [0.2, 0.25) is 0 Å². The maximum atomic E-state index is 12.0. The predicted octanol–water partition coefficient (Wildman–Crippen LogP) is 4.00. The minimum Gasteiger partial charge on any atom is -0.356 e. The fourth-order valence-electron chi connectivity index (χ4n) is 2.86. The van der Waals surface area contributed by atoms with E-state index in [0.717, 1.165) is 13.0 Å². The van der Waals surface area contributed by atoms with Crippen molar-refractivity contribution in [1.82, 2.24) is 5.32 Å². The van der Waals surface area contributed by atoms with Crippen molar-refractivity contribution in [2.24, 2.45) is 5.92 Å². The molecule has 0 heterocycles. The Bertz CT molecular complexity index is 446. The molecule has 0 aliphatic heterocycles. The number of nitrogens with one attached hydrogen (secondary N) is 1. The number of aryl methyl sites for hydroxylation is 2. The Morgan fingerprint density at radius 3 is 2.80 bits per heavy atom. The molecule has 2 nitrogen and oxygen atoms in total. The number of halogens is 1. The second-order valence-corrected chi connectivity index (χ2v) is 6.97. The lowest BCUT2D eigenvalue weighted by molar-refractivity contribution is -0.121. The molecule has 2 unspecified atom stereocenters. The summed E-state index contributed by atoms with van der Waals surface area (Å²) in [5, 5.41) is 3.10. The van der Waals surface area contributed by atoms with E-state index in [-0.39, 0.29) is 5.91 Å². The third-order valence-corrected chi connectivity index (χ3v) is 5.47. The van der Waals surface area contributed by atoms with Crippen LogP contribution in [-0.4, -0.2) is 17.3 Å². The Kier molecular flexibility index (Phi) is 6.08. The molecule has 1 N–H and O–H groups in total. The summed E-state index contributed by atoms with van der Waals surface area (Å²) in [7, 11) is 0. The maximum Gasteiger partial charge on any atom is 0.220 e. The summed E-state index contributed by atoms with van der Waals surface area (Å²) in [6.45, 7) is 2.92. The van der Waals surface area contributed by atoms with E-state index in [9.17, 15) is 4.79 Å². The molecule has 0 spiro atoms. The van der Waals surface area contributed by atoms with Gasteiger partial charge in [0.25, 0.3) is 0 Å². The van der Waals surface area contributed by atoms with Gasteiger partial charge in [0.15, 0.2) is 0 Å². The van der Waals surface area contributed by atoms with E-state index >= 15 is 0 Å². The molecule has 2 atom stereocenters. The third-order valence-electron chi connectivity index (χ3n) is 4.26. The Morgan fingerprint density at radius 2 is 2.05 bits per heavy atom. The molecule has 2 rings (SSSR count). The Hall–Kier alpha value is -0.830. The van der Waals surface area contributed by atoms with Gasteiger partial charge in [0.05, 0.1) is 0 Å². The summed E-state index contributed by atoms with van der Waals surface area (Å²) in [6, 6.07) is 8.29. The van der Waals surface area contributed by atoms with Crippen LogP contribution >= 0.6 is 15.9 Å². The molecule has 1 saturated carbocycles. The lowest BCUT2D eigenvalue weighted by Gasteiger charge is -2.27. The maximum absolute atomic E-state index is 12.0. The molecule has 1 fully saturated rings. The molecule has 1 aliphatic carbocycles. The van der Waals surface area contributed by atoms with Crippen LogP contribution in [-0.2, 0) is 11.2 Å². The first-order valence-electron chi connectivity index (χ1n) is 7.62. The van der Waals surface area contributed by atoms with Gasteiger partial charge in [0, 0.05) is 17.8 Å². The molecule has 3 heteroatoms. The Morgan fingerprint density at radius 1 is 1.30 bits per heavy atom. The zero-order valence-corrected chi connectivity index (χ0v) is 13.8. The van der Waals surface area contributed by atoms with E-state index in [4.69, 9.17) is 0 Å². The van der Waals surface area contributed by atoms with Gasteiger partial charge in [0.1, 0.15) is 0 Å². The zero-order chi connectivity index (χ0) is 14.4. The summed E-state index contributed by atoms with van der Waals surface area (Å²) in [5.41, 5.74) is 2.55. The molecular weight excluding hydrogens is 314 g/mol. The average molecular weight is 338 g/mol. The molecule has 20 heavy (non-hydrogen) atoms. The smallest absolute Gasteiger partial charge is 0.220 e. The van der Waals surface area contributed by atoms with E-state index in [2.05, 4.69) is 40.3 Å². The highest BCUT2D eigenvalue weighted by Crippen LogP contribution is 2.29. The Labute approximate surface area is 130 Å². The number of carbonyl (C=O) groups excluding carboxylic acids is 1. The van der Waals surface area contributed by atoms with Gasteiger partial charge in [-0.2, -0.15) is 0 Å². The number of benzene rings is 1. The lowest BCUT2D eigenvalue weighted by Crippen LogP contribution is -2.34. The van der Waals surface area contributed by atoms with Crippen molar-refractivity contribution in [3.05, 3.63) is 35.4 Å². The largest absolute Gasteiger partial charge is 0.356 e. The first-order valence-corrected chi connectivity index (χ1v) is 8.53. The first kappa shape index (κ1) is 15.6. The van der Waals surface area contributed by atoms with Crippen molar-refractivity contribution in [2.45, 2.75) is 50.3 Å². The van der Waals surface area contributed by atoms with Gasteiger partial charge in [-0.1, -0.05) is 53.0 Å². The monoisotopic (exact) mass is 337 g/mol. The predicted molar refractivity (Wildman–Crippen MR) is 87.2 cm³/mol. The number of hydrogen-bond donors (Lipinski definition) is 1. The summed E-state index contributed by atoms with van der Waals surface area (Å²) in [5.74, 6) is 0.782. The van der Waals surface area contributed by atoms with Crippen molar-refractivity contribution >= 4 is 21.8 Å². The van der Waals surface area contributed by atoms with E-state index in [0.29, 0.717) is 17.2 Å². The first-order chi connectivity index (χ1) is 9.66. The van der Waals surface area contributed by atoms with Crippen molar-refractivity contribution < 1.29 is 4.79 Å². The quantitative estimate of drug-likeness (QED) is 0.808. The fraction of sp³-hybridized carbons (Fsp3) is 0.588. The standard InChI is InChI=1S/C17H24BrNO/c1-13-6-2-3-7-14(13)10-11-17(20)19-12-15-8-4-5-9-16(15)18/h2-3,6-7,15-16H,4-5,8-12H2,1H3,(H,19,20).